The quantitative estimate of drug-likeness (QED) is 0.802. The van der Waals surface area contributed by atoms with E-state index in [9.17, 15) is 13.2 Å². The van der Waals surface area contributed by atoms with Crippen LogP contribution in [0.1, 0.15) is 30.7 Å². The predicted octanol–water partition coefficient (Wildman–Crippen LogP) is 4.92. The minimum absolute atomic E-state index is 0.0570. The van der Waals surface area contributed by atoms with Crippen molar-refractivity contribution in [1.82, 2.24) is 9.97 Å². The Labute approximate surface area is 129 Å². The standard InChI is InChI=1S/C15H13F3N2OS/c1-2-22-12-6-4-3-5-10(12)13-20-11-7-9(15(16,17)18)8-19-14(11)21-13/h3-4,6-8,10H,2,5H2,1H3. The third kappa shape index (κ3) is 2.90. The number of fused-ring (bicyclic) bond motifs is 1. The summed E-state index contributed by atoms with van der Waals surface area (Å²) in [6, 6.07) is 0.977. The zero-order chi connectivity index (χ0) is 15.7. The lowest BCUT2D eigenvalue weighted by atomic mass is 10.0. The molecular formula is C15H13F3N2OS. The minimum Gasteiger partial charge on any atom is -0.422 e. The summed E-state index contributed by atoms with van der Waals surface area (Å²) in [4.78, 5) is 9.07. The topological polar surface area (TPSA) is 38.9 Å². The first-order valence-corrected chi connectivity index (χ1v) is 7.80. The van der Waals surface area contributed by atoms with Crippen LogP contribution >= 0.6 is 11.8 Å². The van der Waals surface area contributed by atoms with Gasteiger partial charge in [-0.25, -0.2) is 9.97 Å². The third-order valence-electron chi connectivity index (χ3n) is 3.31. The molecule has 3 nitrogen and oxygen atoms in total. The first kappa shape index (κ1) is 15.1. The van der Waals surface area contributed by atoms with Crippen molar-refractivity contribution in [3.8, 4) is 0 Å². The molecule has 0 fully saturated rings. The zero-order valence-electron chi connectivity index (χ0n) is 11.7. The number of thioether (sulfide) groups is 1. The largest absolute Gasteiger partial charge is 0.422 e. The van der Waals surface area contributed by atoms with Crippen LogP contribution in [0.3, 0.4) is 0 Å². The van der Waals surface area contributed by atoms with Crippen molar-refractivity contribution in [2.75, 3.05) is 5.75 Å². The van der Waals surface area contributed by atoms with E-state index in [2.05, 4.69) is 9.97 Å². The van der Waals surface area contributed by atoms with Gasteiger partial charge in [-0.2, -0.15) is 13.2 Å². The molecule has 0 N–H and O–H groups in total. The van der Waals surface area contributed by atoms with Crippen molar-refractivity contribution in [3.05, 3.63) is 46.9 Å². The Morgan fingerprint density at radius 1 is 1.41 bits per heavy atom. The molecule has 7 heteroatoms. The molecule has 22 heavy (non-hydrogen) atoms. The van der Waals surface area contributed by atoms with E-state index >= 15 is 0 Å². The highest BCUT2D eigenvalue weighted by atomic mass is 32.2. The molecule has 0 aromatic carbocycles. The average Bonchev–Trinajstić information content (AvgIpc) is 2.90. The minimum atomic E-state index is -4.43. The van der Waals surface area contributed by atoms with Gasteiger partial charge < -0.3 is 4.42 Å². The first-order valence-electron chi connectivity index (χ1n) is 6.82. The smallest absolute Gasteiger partial charge is 0.417 e. The van der Waals surface area contributed by atoms with Gasteiger partial charge in [0.25, 0.3) is 0 Å². The summed E-state index contributed by atoms with van der Waals surface area (Å²) in [6.45, 7) is 2.05. The van der Waals surface area contributed by atoms with Crippen LogP contribution in [0.4, 0.5) is 13.2 Å². The Kier molecular flexibility index (Phi) is 3.99. The number of nitrogens with zero attached hydrogens (tertiary/aromatic N) is 2. The summed E-state index contributed by atoms with van der Waals surface area (Å²) in [5.74, 6) is 1.27. The second-order valence-corrected chi connectivity index (χ2v) is 6.15. The van der Waals surface area contributed by atoms with Gasteiger partial charge in [-0.1, -0.05) is 25.2 Å². The SMILES string of the molecule is CCSC1=CC=CCC1c1nc2cc(C(F)(F)F)cnc2o1. The molecule has 1 aliphatic rings. The molecule has 1 unspecified atom stereocenters. The zero-order valence-corrected chi connectivity index (χ0v) is 12.5. The highest BCUT2D eigenvalue weighted by Gasteiger charge is 2.32. The molecule has 0 spiro atoms. The average molecular weight is 326 g/mol. The summed E-state index contributed by atoms with van der Waals surface area (Å²) in [7, 11) is 0. The molecule has 0 saturated carbocycles. The summed E-state index contributed by atoms with van der Waals surface area (Å²) >= 11 is 1.68. The van der Waals surface area contributed by atoms with Crippen LogP contribution in [0.5, 0.6) is 0 Å². The summed E-state index contributed by atoms with van der Waals surface area (Å²) in [5, 5.41) is 0. The molecule has 2 aromatic heterocycles. The maximum atomic E-state index is 12.7. The van der Waals surface area contributed by atoms with E-state index in [0.717, 1.165) is 29.3 Å². The summed E-state index contributed by atoms with van der Waals surface area (Å²) in [6.07, 6.45) is 3.02. The highest BCUT2D eigenvalue weighted by Crippen LogP contribution is 2.38. The summed E-state index contributed by atoms with van der Waals surface area (Å²) in [5.41, 5.74) is -0.541. The number of hydrogen-bond acceptors (Lipinski definition) is 4. The van der Waals surface area contributed by atoms with Gasteiger partial charge in [-0.15, -0.1) is 11.8 Å². The molecule has 116 valence electrons. The van der Waals surface area contributed by atoms with Crippen LogP contribution in [0.15, 0.2) is 39.8 Å². The van der Waals surface area contributed by atoms with E-state index in [0.29, 0.717) is 5.89 Å². The van der Waals surface area contributed by atoms with Gasteiger partial charge in [0.15, 0.2) is 0 Å². The number of alkyl halides is 3. The first-order chi connectivity index (χ1) is 10.5. The van der Waals surface area contributed by atoms with Crippen LogP contribution in [0.2, 0.25) is 0 Å². The van der Waals surface area contributed by atoms with Gasteiger partial charge in [-0.3, -0.25) is 0 Å². The van der Waals surface area contributed by atoms with Gasteiger partial charge in [0.05, 0.1) is 11.5 Å². The molecule has 0 aliphatic heterocycles. The molecule has 0 radical (unpaired) electrons. The van der Waals surface area contributed by atoms with Gasteiger partial charge in [0.1, 0.15) is 5.52 Å². The van der Waals surface area contributed by atoms with Gasteiger partial charge in [0.2, 0.25) is 11.6 Å². The molecule has 3 rings (SSSR count). The van der Waals surface area contributed by atoms with Crippen molar-refractivity contribution in [2.45, 2.75) is 25.4 Å². The van der Waals surface area contributed by atoms with E-state index in [1.807, 2.05) is 25.2 Å². The van der Waals surface area contributed by atoms with Crippen molar-refractivity contribution >= 4 is 23.0 Å². The van der Waals surface area contributed by atoms with E-state index < -0.39 is 11.7 Å². The van der Waals surface area contributed by atoms with E-state index in [4.69, 9.17) is 4.42 Å². The lowest BCUT2D eigenvalue weighted by molar-refractivity contribution is -0.137. The van der Waals surface area contributed by atoms with Crippen molar-refractivity contribution in [2.24, 2.45) is 0 Å². The van der Waals surface area contributed by atoms with Gasteiger partial charge in [0, 0.05) is 6.20 Å². The Hall–Kier alpha value is -1.76. The number of pyridine rings is 1. The van der Waals surface area contributed by atoms with Crippen LogP contribution < -0.4 is 0 Å². The van der Waals surface area contributed by atoms with Crippen molar-refractivity contribution < 1.29 is 17.6 Å². The monoisotopic (exact) mass is 326 g/mol. The Balaban J connectivity index is 1.98. The van der Waals surface area contributed by atoms with E-state index in [1.165, 1.54) is 0 Å². The lowest BCUT2D eigenvalue weighted by Crippen LogP contribution is -2.05. The van der Waals surface area contributed by atoms with Gasteiger partial charge in [-0.05, 0) is 23.1 Å². The van der Waals surface area contributed by atoms with Gasteiger partial charge >= 0.3 is 6.18 Å². The van der Waals surface area contributed by atoms with Crippen LogP contribution in [0, 0.1) is 0 Å². The number of allylic oxidation sites excluding steroid dienone is 4. The Morgan fingerprint density at radius 3 is 2.95 bits per heavy atom. The van der Waals surface area contributed by atoms with Crippen molar-refractivity contribution in [3.63, 3.8) is 0 Å². The van der Waals surface area contributed by atoms with Crippen LogP contribution in [0.25, 0.3) is 11.2 Å². The molecule has 0 bridgehead atoms. The van der Waals surface area contributed by atoms with Crippen LogP contribution in [-0.2, 0) is 6.18 Å². The highest BCUT2D eigenvalue weighted by molar-refractivity contribution is 8.03. The normalized spacial score (nSPS) is 18.7. The number of hydrogen-bond donors (Lipinski definition) is 0. The maximum Gasteiger partial charge on any atom is 0.417 e. The van der Waals surface area contributed by atoms with Crippen molar-refractivity contribution in [1.29, 1.82) is 0 Å². The molecule has 0 saturated heterocycles. The molecule has 0 amide bonds. The predicted molar refractivity (Wildman–Crippen MR) is 79.5 cm³/mol. The maximum absolute atomic E-state index is 12.7. The number of halogens is 3. The van der Waals surface area contributed by atoms with E-state index in [1.54, 1.807) is 11.8 Å². The molecule has 1 atom stereocenters. The number of oxazole rings is 1. The lowest BCUT2D eigenvalue weighted by Gasteiger charge is -2.17. The number of aromatic nitrogens is 2. The molecule has 2 heterocycles. The Bertz CT molecular complexity index is 749. The van der Waals surface area contributed by atoms with E-state index in [-0.39, 0.29) is 17.1 Å². The fourth-order valence-electron chi connectivity index (χ4n) is 2.29. The second kappa shape index (κ2) is 5.79. The fourth-order valence-corrected chi connectivity index (χ4v) is 3.20. The third-order valence-corrected chi connectivity index (χ3v) is 4.35. The fraction of sp³-hybridized carbons (Fsp3) is 0.333. The molecule has 1 aliphatic carbocycles. The summed E-state index contributed by atoms with van der Waals surface area (Å²) < 4.78 is 43.7. The second-order valence-electron chi connectivity index (χ2n) is 4.82. The Morgan fingerprint density at radius 2 is 2.23 bits per heavy atom. The molecular weight excluding hydrogens is 313 g/mol. The number of rotatable bonds is 3. The van der Waals surface area contributed by atoms with Crippen LogP contribution in [-0.4, -0.2) is 15.7 Å². The molecule has 2 aromatic rings.